The van der Waals surface area contributed by atoms with Crippen molar-refractivity contribution in [3.05, 3.63) is 23.5 Å². The zero-order valence-electron chi connectivity index (χ0n) is 10.8. The summed E-state index contributed by atoms with van der Waals surface area (Å²) >= 11 is 0. The number of aromatic nitrogens is 1. The van der Waals surface area contributed by atoms with Crippen LogP contribution in [0.3, 0.4) is 0 Å². The maximum atomic E-state index is 5.45. The molecule has 1 unspecified atom stereocenters. The van der Waals surface area contributed by atoms with E-state index in [1.807, 2.05) is 19.1 Å². The summed E-state index contributed by atoms with van der Waals surface area (Å²) in [4.78, 5) is 4.44. The average Bonchev–Trinajstić information content (AvgIpc) is 2.33. The number of terminal acetylenes is 1. The number of pyridine rings is 1. The van der Waals surface area contributed by atoms with Gasteiger partial charge in [-0.05, 0) is 13.3 Å². The van der Waals surface area contributed by atoms with E-state index in [1.54, 1.807) is 7.11 Å². The number of ether oxygens (including phenoxy) is 1. The van der Waals surface area contributed by atoms with Crippen LogP contribution in [0.1, 0.15) is 31.2 Å². The Kier molecular flexibility index (Phi) is 5.51. The van der Waals surface area contributed by atoms with Gasteiger partial charge in [-0.3, -0.25) is 10.3 Å². The van der Waals surface area contributed by atoms with Crippen molar-refractivity contribution in [3.63, 3.8) is 0 Å². The molecule has 0 saturated carbocycles. The van der Waals surface area contributed by atoms with E-state index in [1.165, 1.54) is 0 Å². The number of aryl methyl sites for hydroxylation is 1. The van der Waals surface area contributed by atoms with Crippen molar-refractivity contribution in [1.29, 1.82) is 0 Å². The molecule has 1 N–H and O–H groups in total. The highest BCUT2D eigenvalue weighted by Gasteiger charge is 2.05. The fraction of sp³-hybridized carbons (Fsp3) is 0.500. The highest BCUT2D eigenvalue weighted by atomic mass is 16.5. The van der Waals surface area contributed by atoms with Gasteiger partial charge in [0.2, 0.25) is 0 Å². The van der Waals surface area contributed by atoms with Gasteiger partial charge >= 0.3 is 0 Å². The van der Waals surface area contributed by atoms with Gasteiger partial charge in [-0.15, -0.1) is 6.42 Å². The lowest BCUT2D eigenvalue weighted by atomic mass is 10.2. The summed E-state index contributed by atoms with van der Waals surface area (Å²) in [5.74, 6) is 3.58. The summed E-state index contributed by atoms with van der Waals surface area (Å²) in [6.07, 6.45) is 7.51. The minimum atomic E-state index is 0.119. The van der Waals surface area contributed by atoms with E-state index in [4.69, 9.17) is 11.2 Å². The van der Waals surface area contributed by atoms with E-state index < -0.39 is 0 Å². The number of hydrogen-bond acceptors (Lipinski definition) is 3. The van der Waals surface area contributed by atoms with E-state index >= 15 is 0 Å². The topological polar surface area (TPSA) is 34.1 Å². The van der Waals surface area contributed by atoms with Gasteiger partial charge in [0.1, 0.15) is 5.75 Å². The highest BCUT2D eigenvalue weighted by Crippen LogP contribution is 2.13. The van der Waals surface area contributed by atoms with Crippen LogP contribution < -0.4 is 10.1 Å². The molecule has 1 heterocycles. The Labute approximate surface area is 104 Å². The molecule has 0 aromatic carbocycles. The minimum Gasteiger partial charge on any atom is -0.497 e. The van der Waals surface area contributed by atoms with E-state index in [9.17, 15) is 0 Å². The van der Waals surface area contributed by atoms with Crippen molar-refractivity contribution < 1.29 is 4.74 Å². The Morgan fingerprint density at radius 1 is 1.53 bits per heavy atom. The van der Waals surface area contributed by atoms with Gasteiger partial charge in [0, 0.05) is 24.4 Å². The second-order valence-electron chi connectivity index (χ2n) is 4.03. The first-order valence-electron chi connectivity index (χ1n) is 5.90. The molecule has 3 heteroatoms. The summed E-state index contributed by atoms with van der Waals surface area (Å²) in [7, 11) is 1.66. The summed E-state index contributed by atoms with van der Waals surface area (Å²) in [6.45, 7) is 4.75. The van der Waals surface area contributed by atoms with Crippen molar-refractivity contribution in [2.75, 3.05) is 7.11 Å². The SMILES string of the molecule is C#CC(CCC)NCc1cc(OC)cc(C)n1. The molecular weight excluding hydrogens is 212 g/mol. The Morgan fingerprint density at radius 2 is 2.29 bits per heavy atom. The van der Waals surface area contributed by atoms with Crippen molar-refractivity contribution in [2.24, 2.45) is 0 Å². The normalized spacial score (nSPS) is 11.9. The average molecular weight is 232 g/mol. The molecule has 3 nitrogen and oxygen atoms in total. The van der Waals surface area contributed by atoms with Gasteiger partial charge in [-0.1, -0.05) is 19.3 Å². The summed E-state index contributed by atoms with van der Waals surface area (Å²) in [6, 6.07) is 3.96. The third kappa shape index (κ3) is 4.46. The van der Waals surface area contributed by atoms with Crippen LogP contribution in [0.15, 0.2) is 12.1 Å². The highest BCUT2D eigenvalue weighted by molar-refractivity contribution is 5.26. The smallest absolute Gasteiger partial charge is 0.122 e. The number of hydrogen-bond donors (Lipinski definition) is 1. The Morgan fingerprint density at radius 3 is 2.88 bits per heavy atom. The molecule has 0 bridgehead atoms. The Hall–Kier alpha value is -1.53. The maximum Gasteiger partial charge on any atom is 0.122 e. The number of methoxy groups -OCH3 is 1. The lowest BCUT2D eigenvalue weighted by Gasteiger charge is -2.12. The lowest BCUT2D eigenvalue weighted by Crippen LogP contribution is -2.27. The number of nitrogens with zero attached hydrogens (tertiary/aromatic N) is 1. The first-order chi connectivity index (χ1) is 8.19. The van der Waals surface area contributed by atoms with Gasteiger partial charge in [-0.2, -0.15) is 0 Å². The lowest BCUT2D eigenvalue weighted by molar-refractivity contribution is 0.412. The first-order valence-corrected chi connectivity index (χ1v) is 5.90. The zero-order valence-corrected chi connectivity index (χ0v) is 10.8. The van der Waals surface area contributed by atoms with Gasteiger partial charge in [0.05, 0.1) is 18.8 Å². The predicted molar refractivity (Wildman–Crippen MR) is 69.9 cm³/mol. The van der Waals surface area contributed by atoms with Crippen LogP contribution >= 0.6 is 0 Å². The molecule has 1 aromatic rings. The molecule has 0 spiro atoms. The van der Waals surface area contributed by atoms with Crippen LogP contribution in [0.4, 0.5) is 0 Å². The largest absolute Gasteiger partial charge is 0.497 e. The van der Waals surface area contributed by atoms with Crippen molar-refractivity contribution in [3.8, 4) is 18.1 Å². The molecular formula is C14H20N2O. The molecule has 0 fully saturated rings. The molecule has 92 valence electrons. The monoisotopic (exact) mass is 232 g/mol. The third-order valence-electron chi connectivity index (χ3n) is 2.52. The molecule has 1 atom stereocenters. The van der Waals surface area contributed by atoms with Crippen molar-refractivity contribution in [2.45, 2.75) is 39.3 Å². The molecule has 0 aliphatic rings. The van der Waals surface area contributed by atoms with Gasteiger partial charge in [0.15, 0.2) is 0 Å². The van der Waals surface area contributed by atoms with Crippen LogP contribution in [0.25, 0.3) is 0 Å². The molecule has 0 aliphatic carbocycles. The van der Waals surface area contributed by atoms with Gasteiger partial charge < -0.3 is 4.74 Å². The second-order valence-corrected chi connectivity index (χ2v) is 4.03. The maximum absolute atomic E-state index is 5.45. The van der Waals surface area contributed by atoms with Crippen LogP contribution in [0, 0.1) is 19.3 Å². The molecule has 0 amide bonds. The van der Waals surface area contributed by atoms with E-state index in [0.29, 0.717) is 6.54 Å². The number of nitrogens with one attached hydrogen (secondary N) is 1. The van der Waals surface area contributed by atoms with Crippen LogP contribution in [-0.4, -0.2) is 18.1 Å². The first kappa shape index (κ1) is 13.5. The fourth-order valence-corrected chi connectivity index (χ4v) is 1.67. The summed E-state index contributed by atoms with van der Waals surface area (Å²) in [5.41, 5.74) is 1.91. The van der Waals surface area contributed by atoms with Crippen LogP contribution in [0.5, 0.6) is 5.75 Å². The molecule has 0 saturated heterocycles. The molecule has 1 aromatic heterocycles. The molecule has 1 rings (SSSR count). The quantitative estimate of drug-likeness (QED) is 0.764. The van der Waals surface area contributed by atoms with E-state index in [0.717, 1.165) is 30.0 Å². The Bertz CT molecular complexity index is 396. The fourth-order valence-electron chi connectivity index (χ4n) is 1.67. The minimum absolute atomic E-state index is 0.119. The Balaban J connectivity index is 2.62. The van der Waals surface area contributed by atoms with Crippen LogP contribution in [-0.2, 0) is 6.54 Å². The molecule has 0 aliphatic heterocycles. The van der Waals surface area contributed by atoms with Gasteiger partial charge in [0.25, 0.3) is 0 Å². The molecule has 0 radical (unpaired) electrons. The van der Waals surface area contributed by atoms with E-state index in [-0.39, 0.29) is 6.04 Å². The van der Waals surface area contributed by atoms with Crippen LogP contribution in [0.2, 0.25) is 0 Å². The second kappa shape index (κ2) is 6.93. The number of rotatable bonds is 6. The van der Waals surface area contributed by atoms with E-state index in [2.05, 4.69) is 23.1 Å². The summed E-state index contributed by atoms with van der Waals surface area (Å²) in [5, 5.41) is 3.31. The standard InChI is InChI=1S/C14H20N2O/c1-5-7-12(6-2)15-10-13-9-14(17-4)8-11(3)16-13/h2,8-9,12,15H,5,7,10H2,1,3-4H3. The predicted octanol–water partition coefficient (Wildman–Crippen LogP) is 2.29. The third-order valence-corrected chi connectivity index (χ3v) is 2.52. The van der Waals surface area contributed by atoms with Gasteiger partial charge in [-0.25, -0.2) is 0 Å². The zero-order chi connectivity index (χ0) is 12.7. The molecule has 17 heavy (non-hydrogen) atoms. The van der Waals surface area contributed by atoms with Crippen molar-refractivity contribution >= 4 is 0 Å². The summed E-state index contributed by atoms with van der Waals surface area (Å²) < 4.78 is 5.21. The van der Waals surface area contributed by atoms with Crippen molar-refractivity contribution in [1.82, 2.24) is 10.3 Å².